The summed E-state index contributed by atoms with van der Waals surface area (Å²) in [5, 5.41) is 12.4. The topological polar surface area (TPSA) is 87.1 Å². The molecule has 1 atom stereocenters. The van der Waals surface area contributed by atoms with Crippen molar-refractivity contribution in [1.82, 2.24) is 20.3 Å². The number of aryl methyl sites for hydroxylation is 2. The molecular weight excluding hydrogens is 352 g/mol. The summed E-state index contributed by atoms with van der Waals surface area (Å²) in [7, 11) is 0. The molecule has 3 rings (SSSR count). The van der Waals surface area contributed by atoms with Gasteiger partial charge in [-0.1, -0.05) is 48.0 Å². The van der Waals surface area contributed by atoms with E-state index in [-0.39, 0.29) is 11.9 Å². The highest BCUT2D eigenvalue weighted by Gasteiger charge is 2.19. The minimum atomic E-state index is -0.0656. The molecule has 138 valence electrons. The van der Waals surface area contributed by atoms with E-state index in [1.54, 1.807) is 0 Å². The van der Waals surface area contributed by atoms with E-state index in [1.807, 2.05) is 38.1 Å². The van der Waals surface area contributed by atoms with Gasteiger partial charge in [0, 0.05) is 6.42 Å². The van der Waals surface area contributed by atoms with Crippen LogP contribution in [0.15, 0.2) is 38.4 Å². The SMILES string of the molecule is CCCCc1noc(C(C)Sc2nnc(COc3ccc(C)cc3)o2)n1. The number of thioether (sulfide) groups is 1. The summed E-state index contributed by atoms with van der Waals surface area (Å²) >= 11 is 1.39. The maximum Gasteiger partial charge on any atom is 0.277 e. The van der Waals surface area contributed by atoms with Crippen LogP contribution in [0.25, 0.3) is 0 Å². The molecule has 8 heteroatoms. The Hall–Kier alpha value is -2.35. The molecule has 0 aliphatic rings. The zero-order valence-corrected chi connectivity index (χ0v) is 16.0. The largest absolute Gasteiger partial charge is 0.484 e. The summed E-state index contributed by atoms with van der Waals surface area (Å²) in [4.78, 5) is 4.42. The first-order valence-electron chi connectivity index (χ1n) is 8.65. The van der Waals surface area contributed by atoms with Gasteiger partial charge in [-0.25, -0.2) is 0 Å². The third-order valence-electron chi connectivity index (χ3n) is 3.69. The maximum absolute atomic E-state index is 5.64. The summed E-state index contributed by atoms with van der Waals surface area (Å²) in [6.07, 6.45) is 2.98. The highest BCUT2D eigenvalue weighted by atomic mass is 32.2. The number of hydrogen-bond acceptors (Lipinski definition) is 8. The lowest BCUT2D eigenvalue weighted by Crippen LogP contribution is -1.95. The van der Waals surface area contributed by atoms with Gasteiger partial charge in [0.1, 0.15) is 5.75 Å². The molecule has 0 saturated heterocycles. The average Bonchev–Trinajstić information content (AvgIpc) is 3.29. The fourth-order valence-corrected chi connectivity index (χ4v) is 2.93. The average molecular weight is 374 g/mol. The van der Waals surface area contributed by atoms with E-state index >= 15 is 0 Å². The molecule has 1 unspecified atom stereocenters. The third-order valence-corrected chi connectivity index (χ3v) is 4.62. The smallest absolute Gasteiger partial charge is 0.277 e. The van der Waals surface area contributed by atoms with Crippen molar-refractivity contribution < 1.29 is 13.7 Å². The van der Waals surface area contributed by atoms with Gasteiger partial charge < -0.3 is 13.7 Å². The molecule has 26 heavy (non-hydrogen) atoms. The normalized spacial score (nSPS) is 12.3. The van der Waals surface area contributed by atoms with E-state index in [1.165, 1.54) is 17.3 Å². The molecule has 0 N–H and O–H groups in total. The lowest BCUT2D eigenvalue weighted by molar-refractivity contribution is 0.252. The van der Waals surface area contributed by atoms with Gasteiger partial charge in [-0.05, 0) is 32.4 Å². The molecule has 0 amide bonds. The molecule has 0 spiro atoms. The summed E-state index contributed by atoms with van der Waals surface area (Å²) in [6, 6.07) is 7.81. The molecule has 2 heterocycles. The maximum atomic E-state index is 5.64. The molecule has 3 aromatic rings. The van der Waals surface area contributed by atoms with Crippen molar-refractivity contribution in [3.8, 4) is 5.75 Å². The van der Waals surface area contributed by atoms with E-state index in [0.29, 0.717) is 17.0 Å². The monoisotopic (exact) mass is 374 g/mol. The fraction of sp³-hybridized carbons (Fsp3) is 0.444. The predicted octanol–water partition coefficient (Wildman–Crippen LogP) is 4.54. The van der Waals surface area contributed by atoms with Gasteiger partial charge in [0.15, 0.2) is 12.4 Å². The molecule has 0 fully saturated rings. The number of benzene rings is 1. The Morgan fingerprint density at radius 2 is 2.00 bits per heavy atom. The Balaban J connectivity index is 1.52. The summed E-state index contributed by atoms with van der Waals surface area (Å²) in [6.45, 7) is 6.36. The number of rotatable bonds is 9. The van der Waals surface area contributed by atoms with Crippen molar-refractivity contribution in [2.24, 2.45) is 0 Å². The second-order valence-corrected chi connectivity index (χ2v) is 7.27. The van der Waals surface area contributed by atoms with Gasteiger partial charge in [-0.3, -0.25) is 0 Å². The van der Waals surface area contributed by atoms with Crippen molar-refractivity contribution >= 4 is 11.8 Å². The number of aromatic nitrogens is 4. The molecule has 1 aromatic carbocycles. The van der Waals surface area contributed by atoms with Gasteiger partial charge in [-0.15, -0.1) is 10.2 Å². The summed E-state index contributed by atoms with van der Waals surface area (Å²) in [5.74, 6) is 2.50. The first kappa shape index (κ1) is 18.4. The van der Waals surface area contributed by atoms with Crippen LogP contribution in [0.5, 0.6) is 5.75 Å². The quantitative estimate of drug-likeness (QED) is 0.505. The highest BCUT2D eigenvalue weighted by Crippen LogP contribution is 2.33. The number of ether oxygens (including phenoxy) is 1. The van der Waals surface area contributed by atoms with Gasteiger partial charge in [-0.2, -0.15) is 4.98 Å². The van der Waals surface area contributed by atoms with Gasteiger partial charge in [0.25, 0.3) is 11.1 Å². The van der Waals surface area contributed by atoms with Crippen LogP contribution in [0, 0.1) is 6.92 Å². The van der Waals surface area contributed by atoms with E-state index in [0.717, 1.165) is 30.8 Å². The number of nitrogens with zero attached hydrogens (tertiary/aromatic N) is 4. The van der Waals surface area contributed by atoms with Crippen LogP contribution < -0.4 is 4.74 Å². The Morgan fingerprint density at radius 3 is 2.77 bits per heavy atom. The Kier molecular flexibility index (Phi) is 6.27. The summed E-state index contributed by atoms with van der Waals surface area (Å²) in [5.41, 5.74) is 1.18. The molecule has 2 aromatic heterocycles. The first-order valence-corrected chi connectivity index (χ1v) is 9.53. The second-order valence-electron chi connectivity index (χ2n) is 5.98. The lowest BCUT2D eigenvalue weighted by Gasteiger charge is -2.03. The minimum Gasteiger partial charge on any atom is -0.484 e. The van der Waals surface area contributed by atoms with Crippen LogP contribution in [0.4, 0.5) is 0 Å². The Bertz CT molecular complexity index is 816. The van der Waals surface area contributed by atoms with Crippen molar-refractivity contribution in [3.05, 3.63) is 47.4 Å². The standard InChI is InChI=1S/C18H22N4O3S/c1-4-5-6-15-19-17(25-22-15)13(3)26-18-21-20-16(24-18)11-23-14-9-7-12(2)8-10-14/h7-10,13H,4-6,11H2,1-3H3. The van der Waals surface area contributed by atoms with Crippen LogP contribution in [0.1, 0.15) is 55.1 Å². The van der Waals surface area contributed by atoms with E-state index in [4.69, 9.17) is 13.7 Å². The molecule has 0 bridgehead atoms. The highest BCUT2D eigenvalue weighted by molar-refractivity contribution is 7.99. The van der Waals surface area contributed by atoms with Crippen molar-refractivity contribution in [3.63, 3.8) is 0 Å². The fourth-order valence-electron chi connectivity index (χ4n) is 2.19. The number of hydrogen-bond donors (Lipinski definition) is 0. The zero-order valence-electron chi connectivity index (χ0n) is 15.1. The second kappa shape index (κ2) is 8.84. The molecule has 0 aliphatic carbocycles. The van der Waals surface area contributed by atoms with Crippen molar-refractivity contribution in [2.45, 2.75) is 57.1 Å². The number of unbranched alkanes of at least 4 members (excludes halogenated alkanes) is 1. The zero-order chi connectivity index (χ0) is 18.4. The van der Waals surface area contributed by atoms with Crippen LogP contribution in [-0.2, 0) is 13.0 Å². The van der Waals surface area contributed by atoms with E-state index in [9.17, 15) is 0 Å². The summed E-state index contributed by atoms with van der Waals surface area (Å²) < 4.78 is 16.6. The minimum absolute atomic E-state index is 0.0656. The Morgan fingerprint density at radius 1 is 1.19 bits per heavy atom. The lowest BCUT2D eigenvalue weighted by atomic mass is 10.2. The van der Waals surface area contributed by atoms with Crippen LogP contribution >= 0.6 is 11.8 Å². The van der Waals surface area contributed by atoms with E-state index in [2.05, 4.69) is 27.3 Å². The molecule has 0 aliphatic heterocycles. The molecule has 0 radical (unpaired) electrons. The Labute approximate surface area is 156 Å². The van der Waals surface area contributed by atoms with Crippen molar-refractivity contribution in [1.29, 1.82) is 0 Å². The van der Waals surface area contributed by atoms with Crippen molar-refractivity contribution in [2.75, 3.05) is 0 Å². The first-order chi connectivity index (χ1) is 12.6. The third kappa shape index (κ3) is 5.08. The van der Waals surface area contributed by atoms with Gasteiger partial charge >= 0.3 is 0 Å². The molecule has 7 nitrogen and oxygen atoms in total. The van der Waals surface area contributed by atoms with E-state index < -0.39 is 0 Å². The van der Waals surface area contributed by atoms with Crippen LogP contribution in [0.3, 0.4) is 0 Å². The van der Waals surface area contributed by atoms with Crippen LogP contribution in [0.2, 0.25) is 0 Å². The van der Waals surface area contributed by atoms with Gasteiger partial charge in [0.2, 0.25) is 5.89 Å². The molecular formula is C18H22N4O3S. The van der Waals surface area contributed by atoms with Crippen LogP contribution in [-0.4, -0.2) is 20.3 Å². The predicted molar refractivity (Wildman–Crippen MR) is 97.0 cm³/mol. The van der Waals surface area contributed by atoms with Gasteiger partial charge in [0.05, 0.1) is 5.25 Å². The molecule has 0 saturated carbocycles.